The third-order valence-corrected chi connectivity index (χ3v) is 0.987. The van der Waals surface area contributed by atoms with Crippen LogP contribution >= 0.6 is 0 Å². The summed E-state index contributed by atoms with van der Waals surface area (Å²) in [6.45, 7) is 4.67. The van der Waals surface area contributed by atoms with Crippen LogP contribution in [-0.4, -0.2) is 29.4 Å². The Bertz CT molecular complexity index is 193. The van der Waals surface area contributed by atoms with E-state index in [4.69, 9.17) is 9.90 Å². The van der Waals surface area contributed by atoms with Crippen LogP contribution in [0.25, 0.3) is 0 Å². The lowest BCUT2D eigenvalue weighted by molar-refractivity contribution is -0.144. The first-order chi connectivity index (χ1) is 6.40. The first-order valence-corrected chi connectivity index (χ1v) is 4.24. The fourth-order valence-electron chi connectivity index (χ4n) is 0.511. The molecule has 0 fully saturated rings. The molecule has 0 atom stereocenters. The van der Waals surface area contributed by atoms with Crippen molar-refractivity contribution >= 4 is 17.7 Å². The molecule has 0 spiro atoms. The van der Waals surface area contributed by atoms with Crippen LogP contribution in [0.1, 0.15) is 33.6 Å². The predicted octanol–water partition coefficient (Wildman–Crippen LogP) is 1.01. The van der Waals surface area contributed by atoms with Crippen LogP contribution in [0.4, 0.5) is 0 Å². The number of carboxylic acids is 1. The molecule has 5 heteroatoms. The second kappa shape index (κ2) is 9.70. The highest BCUT2D eigenvalue weighted by Gasteiger charge is 2.02. The molecule has 0 heterocycles. The van der Waals surface area contributed by atoms with Crippen LogP contribution < -0.4 is 0 Å². The molecule has 0 bridgehead atoms. The minimum absolute atomic E-state index is 0.0213. The number of aliphatic carboxylic acids is 1. The Hall–Kier alpha value is -1.39. The molecular formula is C9H16O5. The van der Waals surface area contributed by atoms with Gasteiger partial charge in [0, 0.05) is 13.3 Å². The molecule has 0 aromatic carbocycles. The van der Waals surface area contributed by atoms with E-state index in [0.717, 1.165) is 6.92 Å². The third-order valence-electron chi connectivity index (χ3n) is 0.987. The molecule has 5 nitrogen and oxygen atoms in total. The van der Waals surface area contributed by atoms with E-state index in [-0.39, 0.29) is 18.2 Å². The van der Waals surface area contributed by atoms with E-state index in [2.05, 4.69) is 4.74 Å². The van der Waals surface area contributed by atoms with Crippen molar-refractivity contribution in [1.29, 1.82) is 0 Å². The molecule has 82 valence electrons. The van der Waals surface area contributed by atoms with Gasteiger partial charge in [-0.3, -0.25) is 9.59 Å². The van der Waals surface area contributed by atoms with Crippen molar-refractivity contribution in [2.45, 2.75) is 33.6 Å². The molecule has 0 saturated heterocycles. The normalized spacial score (nSPS) is 8.21. The van der Waals surface area contributed by atoms with Crippen LogP contribution in [0.5, 0.6) is 0 Å². The van der Waals surface area contributed by atoms with Gasteiger partial charge in [0.05, 0.1) is 13.0 Å². The van der Waals surface area contributed by atoms with E-state index in [9.17, 15) is 9.59 Å². The van der Waals surface area contributed by atoms with Crippen molar-refractivity contribution in [1.82, 2.24) is 0 Å². The largest absolute Gasteiger partial charge is 0.481 e. The first kappa shape index (κ1) is 15.1. The standard InChI is InChI=1S/C7H12O3.C2H4O2/c1-3-10-7(9)5-4-6(2)8;1-2(3)4/h3-5H2,1-2H3;1H3,(H,3,4). The van der Waals surface area contributed by atoms with Gasteiger partial charge in [0.1, 0.15) is 5.78 Å². The average molecular weight is 204 g/mol. The monoisotopic (exact) mass is 204 g/mol. The van der Waals surface area contributed by atoms with Crippen LogP contribution in [0.3, 0.4) is 0 Å². The molecule has 0 rings (SSSR count). The fourth-order valence-corrected chi connectivity index (χ4v) is 0.511. The van der Waals surface area contributed by atoms with Crippen LogP contribution in [0, 0.1) is 0 Å². The topological polar surface area (TPSA) is 80.7 Å². The first-order valence-electron chi connectivity index (χ1n) is 4.24. The zero-order valence-electron chi connectivity index (χ0n) is 8.70. The summed E-state index contributed by atoms with van der Waals surface area (Å²) in [5.74, 6) is -1.11. The molecule has 0 unspecified atom stereocenters. The molecule has 0 amide bonds. The molecule has 1 N–H and O–H groups in total. The molecule has 14 heavy (non-hydrogen) atoms. The highest BCUT2D eigenvalue weighted by Crippen LogP contribution is 1.92. The lowest BCUT2D eigenvalue weighted by Gasteiger charge is -1.97. The molecule has 0 aromatic rings. The van der Waals surface area contributed by atoms with Crippen molar-refractivity contribution in [3.05, 3.63) is 0 Å². The summed E-state index contributed by atoms with van der Waals surface area (Å²) in [6, 6.07) is 0. The van der Waals surface area contributed by atoms with Gasteiger partial charge >= 0.3 is 5.97 Å². The maximum atomic E-state index is 10.6. The Balaban J connectivity index is 0. The van der Waals surface area contributed by atoms with Gasteiger partial charge in [-0.15, -0.1) is 0 Å². The molecule has 0 aromatic heterocycles. The van der Waals surface area contributed by atoms with E-state index < -0.39 is 5.97 Å². The summed E-state index contributed by atoms with van der Waals surface area (Å²) in [6.07, 6.45) is 0.502. The number of ether oxygens (including phenoxy) is 1. The van der Waals surface area contributed by atoms with E-state index in [1.807, 2.05) is 0 Å². The summed E-state index contributed by atoms with van der Waals surface area (Å²) < 4.78 is 4.60. The van der Waals surface area contributed by atoms with Crippen molar-refractivity contribution in [2.24, 2.45) is 0 Å². The Kier molecular flexibility index (Phi) is 10.5. The van der Waals surface area contributed by atoms with E-state index in [0.29, 0.717) is 13.0 Å². The van der Waals surface area contributed by atoms with Gasteiger partial charge in [0.2, 0.25) is 0 Å². The van der Waals surface area contributed by atoms with Gasteiger partial charge in [-0.2, -0.15) is 0 Å². The summed E-state index contributed by atoms with van der Waals surface area (Å²) in [4.78, 5) is 29.9. The van der Waals surface area contributed by atoms with E-state index >= 15 is 0 Å². The van der Waals surface area contributed by atoms with Gasteiger partial charge in [0.25, 0.3) is 5.97 Å². The number of hydrogen-bond acceptors (Lipinski definition) is 4. The number of carbonyl (C=O) groups excluding carboxylic acids is 2. The number of carboxylic acid groups (broad SMARTS) is 1. The lowest BCUT2D eigenvalue weighted by atomic mass is 10.2. The van der Waals surface area contributed by atoms with E-state index in [1.54, 1.807) is 6.92 Å². The lowest BCUT2D eigenvalue weighted by Crippen LogP contribution is -2.05. The number of Topliss-reactive ketones (excluding diaryl/α,β-unsaturated/α-hetero) is 1. The SMILES string of the molecule is CC(=O)O.CCOC(=O)CCC(C)=O. The van der Waals surface area contributed by atoms with Crippen molar-refractivity contribution in [2.75, 3.05) is 6.61 Å². The second-order valence-corrected chi connectivity index (χ2v) is 2.53. The van der Waals surface area contributed by atoms with Gasteiger partial charge < -0.3 is 14.6 Å². The summed E-state index contributed by atoms with van der Waals surface area (Å²) in [5.41, 5.74) is 0. The molecule has 0 aliphatic rings. The predicted molar refractivity (Wildman–Crippen MR) is 49.9 cm³/mol. The van der Waals surface area contributed by atoms with Crippen molar-refractivity contribution < 1.29 is 24.2 Å². The Morgan fingerprint density at radius 1 is 1.14 bits per heavy atom. The molecule has 0 aliphatic heterocycles. The molecule has 0 saturated carbocycles. The minimum Gasteiger partial charge on any atom is -0.481 e. The maximum absolute atomic E-state index is 10.6. The minimum atomic E-state index is -0.833. The number of hydrogen-bond donors (Lipinski definition) is 1. The summed E-state index contributed by atoms with van der Waals surface area (Å²) in [7, 11) is 0. The van der Waals surface area contributed by atoms with Crippen LogP contribution in [0.2, 0.25) is 0 Å². The zero-order valence-corrected chi connectivity index (χ0v) is 8.70. The van der Waals surface area contributed by atoms with Crippen LogP contribution in [-0.2, 0) is 19.1 Å². The van der Waals surface area contributed by atoms with Crippen molar-refractivity contribution in [3.63, 3.8) is 0 Å². The molecule has 0 radical (unpaired) electrons. The highest BCUT2D eigenvalue weighted by atomic mass is 16.5. The molecule has 0 aliphatic carbocycles. The smallest absolute Gasteiger partial charge is 0.306 e. The number of ketones is 1. The zero-order chi connectivity index (χ0) is 11.6. The summed E-state index contributed by atoms with van der Waals surface area (Å²) in [5, 5.41) is 7.42. The van der Waals surface area contributed by atoms with Crippen LogP contribution in [0.15, 0.2) is 0 Å². The average Bonchev–Trinajstić information content (AvgIpc) is 2.00. The quantitative estimate of drug-likeness (QED) is 0.691. The number of rotatable bonds is 4. The third kappa shape index (κ3) is 22.4. The number of esters is 1. The Labute approximate surface area is 83.1 Å². The van der Waals surface area contributed by atoms with Gasteiger partial charge in [0.15, 0.2) is 0 Å². The van der Waals surface area contributed by atoms with E-state index in [1.165, 1.54) is 6.92 Å². The Morgan fingerprint density at radius 3 is 1.86 bits per heavy atom. The second-order valence-electron chi connectivity index (χ2n) is 2.53. The maximum Gasteiger partial charge on any atom is 0.306 e. The van der Waals surface area contributed by atoms with Gasteiger partial charge in [-0.25, -0.2) is 0 Å². The van der Waals surface area contributed by atoms with Crippen molar-refractivity contribution in [3.8, 4) is 0 Å². The number of carbonyl (C=O) groups is 3. The van der Waals surface area contributed by atoms with Gasteiger partial charge in [-0.05, 0) is 13.8 Å². The fraction of sp³-hybridized carbons (Fsp3) is 0.667. The van der Waals surface area contributed by atoms with Gasteiger partial charge in [-0.1, -0.05) is 0 Å². The molecular weight excluding hydrogens is 188 g/mol. The summed E-state index contributed by atoms with van der Waals surface area (Å²) >= 11 is 0. The Morgan fingerprint density at radius 2 is 1.57 bits per heavy atom. The highest BCUT2D eigenvalue weighted by molar-refractivity contribution is 5.80.